The van der Waals surface area contributed by atoms with Gasteiger partial charge in [0.25, 0.3) is 0 Å². The summed E-state index contributed by atoms with van der Waals surface area (Å²) in [5, 5.41) is 3.15. The number of benzene rings is 1. The predicted molar refractivity (Wildman–Crippen MR) is 125 cm³/mol. The van der Waals surface area contributed by atoms with E-state index in [4.69, 9.17) is 19.9 Å². The molecule has 7 heteroatoms. The molecule has 0 atom stereocenters. The van der Waals surface area contributed by atoms with Crippen molar-refractivity contribution < 1.29 is 23.4 Å². The second-order valence-corrected chi connectivity index (χ2v) is 9.78. The van der Waals surface area contributed by atoms with E-state index in [9.17, 15) is 9.18 Å². The van der Waals surface area contributed by atoms with Gasteiger partial charge in [0, 0.05) is 37.3 Å². The van der Waals surface area contributed by atoms with Crippen LogP contribution in [0.15, 0.2) is 36.2 Å². The summed E-state index contributed by atoms with van der Waals surface area (Å²) in [6, 6.07) is 8.17. The van der Waals surface area contributed by atoms with E-state index in [1.807, 2.05) is 12.1 Å². The average molecular weight is 461 g/mol. The minimum atomic E-state index is -0.221. The van der Waals surface area contributed by atoms with Crippen LogP contribution in [-0.2, 0) is 19.7 Å². The van der Waals surface area contributed by atoms with E-state index in [0.717, 1.165) is 64.6 Å². The summed E-state index contributed by atoms with van der Waals surface area (Å²) >= 11 is 0. The zero-order chi connectivity index (χ0) is 23.2. The number of fused-ring (bicyclic) bond motifs is 3. The topological polar surface area (TPSA) is 82.8 Å². The van der Waals surface area contributed by atoms with E-state index < -0.39 is 0 Å². The molecule has 1 amide bonds. The second-order valence-electron chi connectivity index (χ2n) is 9.78. The number of amides is 1. The molecule has 3 saturated carbocycles. The highest BCUT2D eigenvalue weighted by Crippen LogP contribution is 2.57. The van der Waals surface area contributed by atoms with Crippen molar-refractivity contribution in [2.45, 2.75) is 62.9 Å². The van der Waals surface area contributed by atoms with Gasteiger partial charge < -0.3 is 25.3 Å². The molecule has 3 aliphatic carbocycles. The van der Waals surface area contributed by atoms with Crippen LogP contribution in [0.4, 0.5) is 4.39 Å². The van der Waals surface area contributed by atoms with Gasteiger partial charge in [0.1, 0.15) is 12.4 Å². The minimum absolute atomic E-state index is 0.147. The molecular weight excluding hydrogens is 423 g/mol. The zero-order valence-electron chi connectivity index (χ0n) is 19.5. The number of halogens is 1. The molecule has 0 radical (unpaired) electrons. The van der Waals surface area contributed by atoms with E-state index in [1.54, 1.807) is 0 Å². The van der Waals surface area contributed by atoms with Crippen molar-refractivity contribution in [3.05, 3.63) is 41.7 Å². The molecule has 33 heavy (non-hydrogen) atoms. The number of hydrogen-bond donors (Lipinski definition) is 2. The molecule has 1 aliphatic heterocycles. The number of nitrogens with one attached hydrogen (secondary N) is 1. The van der Waals surface area contributed by atoms with Crippen LogP contribution in [0.3, 0.4) is 0 Å². The van der Waals surface area contributed by atoms with Crippen LogP contribution in [0.5, 0.6) is 5.75 Å². The Morgan fingerprint density at radius 2 is 1.79 bits per heavy atom. The fourth-order valence-corrected chi connectivity index (χ4v) is 5.60. The molecule has 4 fully saturated rings. The van der Waals surface area contributed by atoms with Crippen LogP contribution < -0.4 is 15.8 Å². The Morgan fingerprint density at radius 1 is 1.12 bits per heavy atom. The van der Waals surface area contributed by atoms with Crippen molar-refractivity contribution in [3.8, 4) is 5.75 Å². The Hall–Kier alpha value is -1.96. The first-order valence-electron chi connectivity index (χ1n) is 12.3. The molecule has 5 rings (SSSR count). The van der Waals surface area contributed by atoms with Crippen LogP contribution in [0, 0.1) is 5.41 Å². The molecular formula is C26H37FN2O4. The van der Waals surface area contributed by atoms with Gasteiger partial charge in [-0.1, -0.05) is 12.1 Å². The van der Waals surface area contributed by atoms with Crippen LogP contribution in [0.2, 0.25) is 0 Å². The van der Waals surface area contributed by atoms with Crippen LogP contribution in [0.25, 0.3) is 0 Å². The molecule has 0 aromatic heterocycles. The van der Waals surface area contributed by atoms with Crippen molar-refractivity contribution in [1.82, 2.24) is 5.32 Å². The van der Waals surface area contributed by atoms with Crippen molar-refractivity contribution in [3.63, 3.8) is 0 Å². The molecule has 0 spiro atoms. The van der Waals surface area contributed by atoms with Crippen molar-refractivity contribution >= 4 is 5.91 Å². The summed E-state index contributed by atoms with van der Waals surface area (Å²) in [5.41, 5.74) is 7.15. The van der Waals surface area contributed by atoms with E-state index in [-0.39, 0.29) is 36.0 Å². The fourth-order valence-electron chi connectivity index (χ4n) is 5.60. The minimum Gasteiger partial charge on any atom is -0.489 e. The summed E-state index contributed by atoms with van der Waals surface area (Å²) < 4.78 is 29.5. The largest absolute Gasteiger partial charge is 0.489 e. The SMILES string of the molecule is NC/C(=C\F)COc1ccc(C23CCC(C(=O)NCCOC4CCOCC4)(CC2)CC3)cc1. The van der Waals surface area contributed by atoms with E-state index in [0.29, 0.717) is 30.8 Å². The molecule has 1 aromatic rings. The van der Waals surface area contributed by atoms with Crippen molar-refractivity contribution in [1.29, 1.82) is 0 Å². The highest BCUT2D eigenvalue weighted by molar-refractivity contribution is 5.83. The maximum absolute atomic E-state index is 13.0. The molecule has 1 aromatic carbocycles. The maximum Gasteiger partial charge on any atom is 0.226 e. The average Bonchev–Trinajstić information content (AvgIpc) is 2.89. The lowest BCUT2D eigenvalue weighted by Crippen LogP contribution is -2.52. The highest BCUT2D eigenvalue weighted by Gasteiger charge is 2.52. The zero-order valence-corrected chi connectivity index (χ0v) is 19.5. The van der Waals surface area contributed by atoms with E-state index in [1.165, 1.54) is 5.56 Å². The van der Waals surface area contributed by atoms with Gasteiger partial charge in [-0.2, -0.15) is 0 Å². The third-order valence-electron chi connectivity index (χ3n) is 7.94. The van der Waals surface area contributed by atoms with Gasteiger partial charge >= 0.3 is 0 Å². The number of ether oxygens (including phenoxy) is 3. The molecule has 1 saturated heterocycles. The molecule has 0 unspecified atom stereocenters. The molecule has 2 bridgehead atoms. The standard InChI is InChI=1S/C26H37FN2O4/c27-17-20(18-28)19-33-22-3-1-21(2-4-22)25-7-10-26(11-8-25,12-9-25)24(30)29-13-16-32-23-5-14-31-15-6-23/h1-4,17,23H,5-16,18-19,28H2,(H,29,30)/b20-17+. The lowest BCUT2D eigenvalue weighted by atomic mass is 9.51. The Bertz CT molecular complexity index is 796. The first-order chi connectivity index (χ1) is 16.1. The van der Waals surface area contributed by atoms with Crippen molar-refractivity contribution in [2.75, 3.05) is 39.5 Å². The van der Waals surface area contributed by atoms with Gasteiger partial charge in [-0.25, -0.2) is 4.39 Å². The third kappa shape index (κ3) is 5.58. The molecule has 4 aliphatic rings. The lowest BCUT2D eigenvalue weighted by Gasteiger charge is -2.52. The third-order valence-corrected chi connectivity index (χ3v) is 7.94. The summed E-state index contributed by atoms with van der Waals surface area (Å²) in [7, 11) is 0. The fraction of sp³-hybridized carbons (Fsp3) is 0.654. The number of hydrogen-bond acceptors (Lipinski definition) is 5. The second kappa shape index (κ2) is 11.0. The first-order valence-corrected chi connectivity index (χ1v) is 12.3. The Labute approximate surface area is 196 Å². The molecule has 6 nitrogen and oxygen atoms in total. The molecule has 3 N–H and O–H groups in total. The number of carbonyl (C=O) groups excluding carboxylic acids is 1. The van der Waals surface area contributed by atoms with Crippen molar-refractivity contribution in [2.24, 2.45) is 11.1 Å². The summed E-state index contributed by atoms with van der Waals surface area (Å²) in [4.78, 5) is 13.0. The summed E-state index contributed by atoms with van der Waals surface area (Å²) in [6.45, 7) is 2.99. The van der Waals surface area contributed by atoms with Gasteiger partial charge in [-0.15, -0.1) is 0 Å². The lowest BCUT2D eigenvalue weighted by molar-refractivity contribution is -0.138. The molecule has 1 heterocycles. The number of carbonyl (C=O) groups is 1. The maximum atomic E-state index is 13.0. The molecule has 182 valence electrons. The monoisotopic (exact) mass is 460 g/mol. The highest BCUT2D eigenvalue weighted by atomic mass is 19.1. The van der Waals surface area contributed by atoms with Gasteiger partial charge in [0.05, 0.1) is 19.0 Å². The van der Waals surface area contributed by atoms with E-state index in [2.05, 4.69) is 17.4 Å². The van der Waals surface area contributed by atoms with Crippen LogP contribution >= 0.6 is 0 Å². The quantitative estimate of drug-likeness (QED) is 0.519. The Kier molecular flexibility index (Phi) is 8.04. The van der Waals surface area contributed by atoms with Gasteiger partial charge in [-0.3, -0.25) is 4.79 Å². The number of rotatable bonds is 10. The van der Waals surface area contributed by atoms with E-state index >= 15 is 0 Å². The summed E-state index contributed by atoms with van der Waals surface area (Å²) in [6.07, 6.45) is 8.53. The van der Waals surface area contributed by atoms with Gasteiger partial charge in [0.15, 0.2) is 0 Å². The van der Waals surface area contributed by atoms with Crippen LogP contribution in [-0.4, -0.2) is 51.5 Å². The van der Waals surface area contributed by atoms with Gasteiger partial charge in [-0.05, 0) is 74.5 Å². The Balaban J connectivity index is 1.25. The van der Waals surface area contributed by atoms with Gasteiger partial charge in [0.2, 0.25) is 5.91 Å². The normalized spacial score (nSPS) is 28.0. The summed E-state index contributed by atoms with van der Waals surface area (Å²) in [5.74, 6) is 0.915. The van der Waals surface area contributed by atoms with Crippen LogP contribution in [0.1, 0.15) is 56.9 Å². The Morgan fingerprint density at radius 3 is 2.39 bits per heavy atom. The predicted octanol–water partition coefficient (Wildman–Crippen LogP) is 3.78. The number of nitrogens with two attached hydrogens (primary N) is 1. The smallest absolute Gasteiger partial charge is 0.226 e. The first kappa shape index (κ1) is 24.2.